The maximum atomic E-state index is 13.1. The van der Waals surface area contributed by atoms with Crippen LogP contribution in [0.5, 0.6) is 5.75 Å². The highest BCUT2D eigenvalue weighted by molar-refractivity contribution is 6.35. The lowest BCUT2D eigenvalue weighted by molar-refractivity contribution is -0.142. The molecule has 0 aliphatic carbocycles. The average molecular weight is 465 g/mol. The number of benzene rings is 2. The molecule has 1 atom stereocenters. The predicted molar refractivity (Wildman–Crippen MR) is 126 cm³/mol. The molecule has 2 rings (SSSR count). The summed E-state index contributed by atoms with van der Waals surface area (Å²) in [5.41, 5.74) is 1.91. The second-order valence-corrected chi connectivity index (χ2v) is 8.43. The van der Waals surface area contributed by atoms with Gasteiger partial charge in [-0.1, -0.05) is 62.2 Å². The Bertz CT molecular complexity index is 885. The normalized spacial score (nSPS) is 11.8. The lowest BCUT2D eigenvalue weighted by Crippen LogP contribution is -2.50. The van der Waals surface area contributed by atoms with E-state index in [0.717, 1.165) is 0 Å². The number of likely N-dealkylation sites (N-methyl/N-ethyl adjacent to an activating group) is 1. The molecule has 7 heteroatoms. The van der Waals surface area contributed by atoms with Crippen molar-refractivity contribution in [3.05, 3.63) is 63.6 Å². The zero-order valence-corrected chi connectivity index (χ0v) is 20.0. The topological polar surface area (TPSA) is 58.6 Å². The molecule has 2 aromatic carbocycles. The van der Waals surface area contributed by atoms with Crippen LogP contribution in [0.25, 0.3) is 0 Å². The van der Waals surface area contributed by atoms with Gasteiger partial charge in [0.25, 0.3) is 5.91 Å². The van der Waals surface area contributed by atoms with Crippen molar-refractivity contribution in [3.8, 4) is 5.75 Å². The van der Waals surface area contributed by atoms with Gasteiger partial charge in [-0.25, -0.2) is 0 Å². The van der Waals surface area contributed by atoms with Crippen LogP contribution in [0.3, 0.4) is 0 Å². The van der Waals surface area contributed by atoms with Crippen LogP contribution in [0.15, 0.2) is 42.5 Å². The largest absolute Gasteiger partial charge is 0.484 e. The van der Waals surface area contributed by atoms with E-state index in [-0.39, 0.29) is 25.0 Å². The summed E-state index contributed by atoms with van der Waals surface area (Å²) in [5.74, 6) is 0.521. The highest BCUT2D eigenvalue weighted by atomic mass is 35.5. The summed E-state index contributed by atoms with van der Waals surface area (Å²) in [5, 5.41) is 3.76. The van der Waals surface area contributed by atoms with Crippen molar-refractivity contribution in [3.63, 3.8) is 0 Å². The predicted octanol–water partition coefficient (Wildman–Crippen LogP) is 5.44. The Balaban J connectivity index is 2.20. The maximum absolute atomic E-state index is 13.1. The summed E-state index contributed by atoms with van der Waals surface area (Å²) in [6.45, 7) is 8.43. The standard InChI is InChI=1S/C24H30Cl2N2O3/c1-5-22(24(30)27-6-2)28(14-18-7-10-19(25)13-21(18)26)23(29)15-31-20-11-8-17(9-12-20)16(3)4/h7-13,16,22H,5-6,14-15H2,1-4H3,(H,27,30)/t22-/m0/s1. The molecule has 2 aromatic rings. The number of halogens is 2. The first-order valence-electron chi connectivity index (χ1n) is 10.5. The minimum Gasteiger partial charge on any atom is -0.484 e. The van der Waals surface area contributed by atoms with Crippen molar-refractivity contribution < 1.29 is 14.3 Å². The van der Waals surface area contributed by atoms with E-state index in [1.165, 1.54) is 10.5 Å². The van der Waals surface area contributed by atoms with E-state index in [9.17, 15) is 9.59 Å². The van der Waals surface area contributed by atoms with Gasteiger partial charge < -0.3 is 15.0 Å². The smallest absolute Gasteiger partial charge is 0.261 e. The third-order valence-corrected chi connectivity index (χ3v) is 5.59. The van der Waals surface area contributed by atoms with Crippen LogP contribution in [0, 0.1) is 0 Å². The molecule has 0 aromatic heterocycles. The summed E-state index contributed by atoms with van der Waals surface area (Å²) >= 11 is 12.3. The Morgan fingerprint density at radius 2 is 1.74 bits per heavy atom. The number of ether oxygens (including phenoxy) is 1. The number of carbonyl (C=O) groups excluding carboxylic acids is 2. The van der Waals surface area contributed by atoms with Gasteiger partial charge >= 0.3 is 0 Å². The lowest BCUT2D eigenvalue weighted by Gasteiger charge is -2.30. The Kier molecular flexibility index (Phi) is 9.66. The summed E-state index contributed by atoms with van der Waals surface area (Å²) in [4.78, 5) is 27.3. The first-order valence-corrected chi connectivity index (χ1v) is 11.3. The second kappa shape index (κ2) is 12.0. The quantitative estimate of drug-likeness (QED) is 0.509. The monoisotopic (exact) mass is 464 g/mol. The summed E-state index contributed by atoms with van der Waals surface area (Å²) in [7, 11) is 0. The highest BCUT2D eigenvalue weighted by Gasteiger charge is 2.29. The second-order valence-electron chi connectivity index (χ2n) is 7.59. The molecule has 0 bridgehead atoms. The van der Waals surface area contributed by atoms with E-state index in [4.69, 9.17) is 27.9 Å². The summed E-state index contributed by atoms with van der Waals surface area (Å²) < 4.78 is 5.73. The van der Waals surface area contributed by atoms with Gasteiger partial charge in [0.1, 0.15) is 11.8 Å². The first kappa shape index (κ1) is 25.0. The number of nitrogens with one attached hydrogen (secondary N) is 1. The van der Waals surface area contributed by atoms with Crippen molar-refractivity contribution >= 4 is 35.0 Å². The highest BCUT2D eigenvalue weighted by Crippen LogP contribution is 2.24. The molecule has 0 heterocycles. The van der Waals surface area contributed by atoms with Gasteiger partial charge in [0.05, 0.1) is 0 Å². The van der Waals surface area contributed by atoms with Crippen molar-refractivity contribution in [2.45, 2.75) is 52.6 Å². The number of rotatable bonds is 10. The molecule has 0 unspecified atom stereocenters. The van der Waals surface area contributed by atoms with E-state index in [1.807, 2.05) is 38.1 Å². The Morgan fingerprint density at radius 1 is 1.06 bits per heavy atom. The maximum Gasteiger partial charge on any atom is 0.261 e. The molecule has 5 nitrogen and oxygen atoms in total. The van der Waals surface area contributed by atoms with Crippen LogP contribution in [-0.2, 0) is 16.1 Å². The molecule has 2 amide bonds. The van der Waals surface area contributed by atoms with Crippen LogP contribution in [0.4, 0.5) is 0 Å². The van der Waals surface area contributed by atoms with E-state index in [2.05, 4.69) is 19.2 Å². The average Bonchev–Trinajstić information content (AvgIpc) is 2.73. The van der Waals surface area contributed by atoms with Crippen LogP contribution >= 0.6 is 23.2 Å². The molecule has 0 radical (unpaired) electrons. The van der Waals surface area contributed by atoms with Crippen molar-refractivity contribution in [1.82, 2.24) is 10.2 Å². The fourth-order valence-electron chi connectivity index (χ4n) is 3.22. The number of amides is 2. The van der Waals surface area contributed by atoms with Gasteiger partial charge in [-0.05, 0) is 54.7 Å². The fourth-order valence-corrected chi connectivity index (χ4v) is 3.69. The van der Waals surface area contributed by atoms with E-state index in [1.54, 1.807) is 18.2 Å². The molecule has 31 heavy (non-hydrogen) atoms. The molecule has 168 valence electrons. The molecular weight excluding hydrogens is 435 g/mol. The molecule has 0 aliphatic heterocycles. The molecule has 1 N–H and O–H groups in total. The van der Waals surface area contributed by atoms with Gasteiger partial charge in [-0.2, -0.15) is 0 Å². The summed E-state index contributed by atoms with van der Waals surface area (Å²) in [6, 6.07) is 12.1. The lowest BCUT2D eigenvalue weighted by atomic mass is 10.0. The van der Waals surface area contributed by atoms with E-state index < -0.39 is 6.04 Å². The molecule has 0 fully saturated rings. The molecular formula is C24H30Cl2N2O3. The molecule has 0 saturated carbocycles. The van der Waals surface area contributed by atoms with Gasteiger partial charge in [-0.15, -0.1) is 0 Å². The first-order chi connectivity index (χ1) is 14.8. The minimum absolute atomic E-state index is 0.178. The Labute approximate surface area is 194 Å². The number of nitrogens with zero attached hydrogens (tertiary/aromatic N) is 1. The van der Waals surface area contributed by atoms with E-state index >= 15 is 0 Å². The van der Waals surface area contributed by atoms with Gasteiger partial charge in [-0.3, -0.25) is 9.59 Å². The fraction of sp³-hybridized carbons (Fsp3) is 0.417. The van der Waals surface area contributed by atoms with Crippen LogP contribution in [-0.4, -0.2) is 35.9 Å². The van der Waals surface area contributed by atoms with E-state index in [0.29, 0.717) is 40.2 Å². The van der Waals surface area contributed by atoms with Crippen molar-refractivity contribution in [1.29, 1.82) is 0 Å². The van der Waals surface area contributed by atoms with Crippen LogP contribution in [0.2, 0.25) is 10.0 Å². The SMILES string of the molecule is CCNC(=O)[C@H](CC)N(Cc1ccc(Cl)cc1Cl)C(=O)COc1ccc(C(C)C)cc1. The number of carbonyl (C=O) groups is 2. The van der Waals surface area contributed by atoms with Crippen molar-refractivity contribution in [2.24, 2.45) is 0 Å². The minimum atomic E-state index is -0.633. The summed E-state index contributed by atoms with van der Waals surface area (Å²) in [6.07, 6.45) is 0.464. The van der Waals surface area contributed by atoms with Gasteiger partial charge in [0.15, 0.2) is 6.61 Å². The Morgan fingerprint density at radius 3 is 2.29 bits per heavy atom. The Hall–Kier alpha value is -2.24. The number of hydrogen-bond acceptors (Lipinski definition) is 3. The zero-order valence-electron chi connectivity index (χ0n) is 18.5. The van der Waals surface area contributed by atoms with Crippen LogP contribution < -0.4 is 10.1 Å². The van der Waals surface area contributed by atoms with Crippen molar-refractivity contribution in [2.75, 3.05) is 13.2 Å². The molecule has 0 aliphatic rings. The third-order valence-electron chi connectivity index (χ3n) is 5.00. The number of hydrogen-bond donors (Lipinski definition) is 1. The van der Waals surface area contributed by atoms with Gasteiger partial charge in [0.2, 0.25) is 5.91 Å². The van der Waals surface area contributed by atoms with Crippen LogP contribution in [0.1, 0.15) is 51.2 Å². The zero-order chi connectivity index (χ0) is 23.0. The molecule has 0 saturated heterocycles. The molecule has 0 spiro atoms. The third kappa shape index (κ3) is 7.15. The van der Waals surface area contributed by atoms with Gasteiger partial charge in [0, 0.05) is 23.1 Å².